The zero-order chi connectivity index (χ0) is 8.77. The number of anilines is 1. The summed E-state index contributed by atoms with van der Waals surface area (Å²) >= 11 is 0. The van der Waals surface area contributed by atoms with Crippen LogP contribution in [0.25, 0.3) is 0 Å². The number of nitrogens with zero attached hydrogens (tertiary/aromatic N) is 1. The highest BCUT2D eigenvalue weighted by molar-refractivity contribution is 6.04. The fourth-order valence-corrected chi connectivity index (χ4v) is 1.28. The molecular weight excluding hydrogens is 154 g/mol. The van der Waals surface area contributed by atoms with Gasteiger partial charge in [-0.3, -0.25) is 9.78 Å². The van der Waals surface area contributed by atoms with E-state index in [1.807, 2.05) is 0 Å². The third-order valence-electron chi connectivity index (χ3n) is 2.02. The van der Waals surface area contributed by atoms with Crippen LogP contribution in [0.15, 0.2) is 18.3 Å². The van der Waals surface area contributed by atoms with E-state index in [0.29, 0.717) is 11.4 Å². The van der Waals surface area contributed by atoms with Gasteiger partial charge in [0.25, 0.3) is 5.91 Å². The van der Waals surface area contributed by atoms with Crippen LogP contribution in [-0.2, 0) is 10.3 Å². The van der Waals surface area contributed by atoms with Crippen molar-refractivity contribution in [3.8, 4) is 0 Å². The summed E-state index contributed by atoms with van der Waals surface area (Å²) in [5, 5.41) is 2.66. The zero-order valence-corrected chi connectivity index (χ0v) is 6.66. The molecule has 1 aliphatic rings. The first kappa shape index (κ1) is 7.24. The van der Waals surface area contributed by atoms with Gasteiger partial charge in [-0.2, -0.15) is 0 Å². The zero-order valence-electron chi connectivity index (χ0n) is 6.66. The summed E-state index contributed by atoms with van der Waals surface area (Å²) < 4.78 is 0. The number of rotatable bonds is 0. The van der Waals surface area contributed by atoms with Gasteiger partial charge in [0.05, 0.1) is 11.4 Å². The van der Waals surface area contributed by atoms with Gasteiger partial charge in [-0.15, -0.1) is 0 Å². The molecule has 1 aliphatic heterocycles. The van der Waals surface area contributed by atoms with Crippen molar-refractivity contribution in [1.29, 1.82) is 0 Å². The van der Waals surface area contributed by atoms with E-state index < -0.39 is 5.54 Å². The molecule has 1 aromatic rings. The average molecular weight is 163 g/mol. The maximum absolute atomic E-state index is 11.3. The summed E-state index contributed by atoms with van der Waals surface area (Å²) in [6, 6.07) is 3.55. The van der Waals surface area contributed by atoms with E-state index in [9.17, 15) is 4.79 Å². The molecule has 0 saturated heterocycles. The SMILES string of the molecule is CC1(N)C(=O)Nc2cccnc21. The number of aromatic nitrogens is 1. The molecule has 1 aromatic heterocycles. The second kappa shape index (κ2) is 2.04. The van der Waals surface area contributed by atoms with Crippen molar-refractivity contribution in [2.75, 3.05) is 5.32 Å². The van der Waals surface area contributed by atoms with Crippen LogP contribution >= 0.6 is 0 Å². The number of nitrogens with one attached hydrogen (secondary N) is 1. The molecule has 0 fully saturated rings. The predicted molar refractivity (Wildman–Crippen MR) is 44.4 cm³/mol. The lowest BCUT2D eigenvalue weighted by Crippen LogP contribution is -2.40. The van der Waals surface area contributed by atoms with Crippen LogP contribution in [0, 0.1) is 0 Å². The highest BCUT2D eigenvalue weighted by atomic mass is 16.2. The van der Waals surface area contributed by atoms with Crippen LogP contribution in [0.1, 0.15) is 12.6 Å². The summed E-state index contributed by atoms with van der Waals surface area (Å²) in [6.45, 7) is 1.65. The van der Waals surface area contributed by atoms with Crippen molar-refractivity contribution >= 4 is 11.6 Å². The molecule has 0 radical (unpaired) electrons. The minimum absolute atomic E-state index is 0.198. The third kappa shape index (κ3) is 0.753. The van der Waals surface area contributed by atoms with Gasteiger partial charge in [0.1, 0.15) is 5.54 Å². The Morgan fingerprint density at radius 2 is 2.42 bits per heavy atom. The van der Waals surface area contributed by atoms with Gasteiger partial charge in [-0.25, -0.2) is 0 Å². The van der Waals surface area contributed by atoms with Crippen LogP contribution in [0.3, 0.4) is 0 Å². The molecule has 3 N–H and O–H groups in total. The highest BCUT2D eigenvalue weighted by Crippen LogP contribution is 2.30. The molecule has 2 heterocycles. The first-order valence-electron chi connectivity index (χ1n) is 3.68. The van der Waals surface area contributed by atoms with Gasteiger partial charge in [0, 0.05) is 6.20 Å². The Balaban J connectivity index is 2.63. The summed E-state index contributed by atoms with van der Waals surface area (Å²) in [5.41, 5.74) is 6.12. The second-order valence-electron chi connectivity index (χ2n) is 3.06. The first-order chi connectivity index (χ1) is 5.62. The lowest BCUT2D eigenvalue weighted by Gasteiger charge is -2.12. The summed E-state index contributed by atoms with van der Waals surface area (Å²) in [6.07, 6.45) is 1.63. The van der Waals surface area contributed by atoms with Gasteiger partial charge >= 0.3 is 0 Å². The number of amides is 1. The fraction of sp³-hybridized carbons (Fsp3) is 0.250. The van der Waals surface area contributed by atoms with Gasteiger partial charge in [-0.1, -0.05) is 0 Å². The molecule has 4 heteroatoms. The van der Waals surface area contributed by atoms with Crippen molar-refractivity contribution in [2.45, 2.75) is 12.5 Å². The molecule has 1 unspecified atom stereocenters. The topological polar surface area (TPSA) is 68.0 Å². The van der Waals surface area contributed by atoms with E-state index in [0.717, 1.165) is 0 Å². The Kier molecular flexibility index (Phi) is 1.23. The lowest BCUT2D eigenvalue weighted by molar-refractivity contribution is -0.120. The van der Waals surface area contributed by atoms with Crippen molar-refractivity contribution < 1.29 is 4.79 Å². The molecule has 2 rings (SSSR count). The van der Waals surface area contributed by atoms with Crippen LogP contribution in [0.5, 0.6) is 0 Å². The van der Waals surface area contributed by atoms with Crippen LogP contribution in [0.4, 0.5) is 5.69 Å². The largest absolute Gasteiger partial charge is 0.322 e. The molecule has 1 atom stereocenters. The lowest BCUT2D eigenvalue weighted by atomic mass is 10.0. The Morgan fingerprint density at radius 3 is 3.08 bits per heavy atom. The number of nitrogens with two attached hydrogens (primary N) is 1. The maximum Gasteiger partial charge on any atom is 0.250 e. The molecule has 0 bridgehead atoms. The Bertz CT molecular complexity index is 346. The van der Waals surface area contributed by atoms with Crippen LogP contribution in [0.2, 0.25) is 0 Å². The predicted octanol–water partition coefficient (Wildman–Crippen LogP) is 0.208. The molecule has 0 spiro atoms. The van der Waals surface area contributed by atoms with E-state index in [2.05, 4.69) is 10.3 Å². The second-order valence-corrected chi connectivity index (χ2v) is 3.06. The van der Waals surface area contributed by atoms with Gasteiger partial charge in [-0.05, 0) is 19.1 Å². The smallest absolute Gasteiger partial charge is 0.250 e. The highest BCUT2D eigenvalue weighted by Gasteiger charge is 2.40. The van der Waals surface area contributed by atoms with Crippen molar-refractivity contribution in [2.24, 2.45) is 5.73 Å². The molecular formula is C8H9N3O. The van der Waals surface area contributed by atoms with Crippen molar-refractivity contribution in [1.82, 2.24) is 4.98 Å². The van der Waals surface area contributed by atoms with E-state index in [-0.39, 0.29) is 5.91 Å². The Hall–Kier alpha value is -1.42. The average Bonchev–Trinajstić information content (AvgIpc) is 2.25. The molecule has 0 saturated carbocycles. The number of hydrogen-bond donors (Lipinski definition) is 2. The molecule has 0 aromatic carbocycles. The molecule has 12 heavy (non-hydrogen) atoms. The van der Waals surface area contributed by atoms with Crippen molar-refractivity contribution in [3.63, 3.8) is 0 Å². The summed E-state index contributed by atoms with van der Waals surface area (Å²) in [7, 11) is 0. The van der Waals surface area contributed by atoms with Gasteiger partial charge < -0.3 is 11.1 Å². The molecule has 4 nitrogen and oxygen atoms in total. The number of carbonyl (C=O) groups excluding carboxylic acids is 1. The minimum Gasteiger partial charge on any atom is -0.322 e. The summed E-state index contributed by atoms with van der Waals surface area (Å²) in [4.78, 5) is 15.3. The third-order valence-corrected chi connectivity index (χ3v) is 2.02. The molecule has 1 amide bonds. The first-order valence-corrected chi connectivity index (χ1v) is 3.68. The van der Waals surface area contributed by atoms with Gasteiger partial charge in [0.15, 0.2) is 0 Å². The van der Waals surface area contributed by atoms with E-state index in [1.54, 1.807) is 25.3 Å². The maximum atomic E-state index is 11.3. The monoisotopic (exact) mass is 163 g/mol. The van der Waals surface area contributed by atoms with Crippen LogP contribution < -0.4 is 11.1 Å². The Labute approximate surface area is 69.8 Å². The number of pyridine rings is 1. The quantitative estimate of drug-likeness (QED) is 0.574. The van der Waals surface area contributed by atoms with E-state index >= 15 is 0 Å². The normalized spacial score (nSPS) is 26.7. The van der Waals surface area contributed by atoms with Gasteiger partial charge in [0.2, 0.25) is 0 Å². The van der Waals surface area contributed by atoms with Crippen LogP contribution in [-0.4, -0.2) is 10.9 Å². The fourth-order valence-electron chi connectivity index (χ4n) is 1.28. The molecule has 62 valence electrons. The number of carbonyl (C=O) groups is 1. The summed E-state index contributed by atoms with van der Waals surface area (Å²) in [5.74, 6) is -0.198. The standard InChI is InChI=1S/C8H9N3O/c1-8(9)6-5(11-7(8)12)3-2-4-10-6/h2-4H,9H2,1H3,(H,11,12). The molecule has 0 aliphatic carbocycles. The van der Waals surface area contributed by atoms with E-state index in [4.69, 9.17) is 5.73 Å². The number of fused-ring (bicyclic) bond motifs is 1. The number of hydrogen-bond acceptors (Lipinski definition) is 3. The minimum atomic E-state index is -0.976. The van der Waals surface area contributed by atoms with E-state index in [1.165, 1.54) is 0 Å². The van der Waals surface area contributed by atoms with Crippen molar-refractivity contribution in [3.05, 3.63) is 24.0 Å². The Morgan fingerprint density at radius 1 is 1.67 bits per heavy atom.